The summed E-state index contributed by atoms with van der Waals surface area (Å²) in [6, 6.07) is 14.6. The summed E-state index contributed by atoms with van der Waals surface area (Å²) in [5, 5.41) is 6.09. The van der Waals surface area contributed by atoms with Gasteiger partial charge in [0.1, 0.15) is 6.04 Å². The Labute approximate surface area is 204 Å². The molecule has 1 saturated carbocycles. The van der Waals surface area contributed by atoms with Gasteiger partial charge in [-0.2, -0.15) is 0 Å². The predicted octanol–water partition coefficient (Wildman–Crippen LogP) is 4.16. The molecule has 3 amide bonds. The van der Waals surface area contributed by atoms with E-state index < -0.39 is 6.04 Å². The lowest BCUT2D eigenvalue weighted by atomic mass is 9.95. The van der Waals surface area contributed by atoms with E-state index in [1.54, 1.807) is 16.7 Å². The molecule has 6 nitrogen and oxygen atoms in total. The Kier molecular flexibility index (Phi) is 7.02. The van der Waals surface area contributed by atoms with Crippen LogP contribution in [-0.4, -0.2) is 34.7 Å². The number of imide groups is 1. The Bertz CT molecular complexity index is 1100. The highest BCUT2D eigenvalue weighted by atomic mass is 32.2. The van der Waals surface area contributed by atoms with Crippen LogP contribution in [0.1, 0.15) is 72.0 Å². The quantitative estimate of drug-likeness (QED) is 0.462. The van der Waals surface area contributed by atoms with Gasteiger partial charge in [0, 0.05) is 41.8 Å². The van der Waals surface area contributed by atoms with E-state index in [1.165, 1.54) is 43.2 Å². The molecular formula is C27H31N3O3S. The molecule has 1 saturated heterocycles. The largest absolute Gasteiger partial charge is 0.322 e. The highest BCUT2D eigenvalue weighted by Crippen LogP contribution is 2.35. The van der Waals surface area contributed by atoms with Crippen molar-refractivity contribution >= 4 is 29.5 Å². The lowest BCUT2D eigenvalue weighted by molar-refractivity contribution is -0.136. The highest BCUT2D eigenvalue weighted by molar-refractivity contribution is 7.98. The Hall–Kier alpha value is -2.64. The lowest BCUT2D eigenvalue weighted by Gasteiger charge is -2.29. The van der Waals surface area contributed by atoms with Gasteiger partial charge in [-0.3, -0.25) is 19.7 Å². The van der Waals surface area contributed by atoms with Crippen molar-refractivity contribution in [2.24, 2.45) is 0 Å². The smallest absolute Gasteiger partial charge is 0.255 e. The number of thioether (sulfide) groups is 1. The molecule has 2 aromatic carbocycles. The standard InChI is InChI=1S/C27H31N3O3S/c31-25-13-12-23(26(32)29-25)30-16-22-21(27(30)33)10-5-11-24(22)34-17-19-7-4-6-18(14-19)15-28-20-8-2-1-3-9-20/h4-7,10-11,14,20,23,28H,1-3,8-9,12-13,15-17H2,(H,29,31,32). The van der Waals surface area contributed by atoms with E-state index in [4.69, 9.17) is 0 Å². The highest BCUT2D eigenvalue weighted by Gasteiger charge is 2.39. The normalized spacial score (nSPS) is 21.0. The summed E-state index contributed by atoms with van der Waals surface area (Å²) in [7, 11) is 0. The summed E-state index contributed by atoms with van der Waals surface area (Å²) < 4.78 is 0. The SMILES string of the molecule is O=C1CCC(N2Cc3c(SCc4cccc(CNC5CCCCC5)c4)cccc3C2=O)C(=O)N1. The summed E-state index contributed by atoms with van der Waals surface area (Å²) >= 11 is 1.73. The first kappa shape index (κ1) is 23.1. The monoisotopic (exact) mass is 477 g/mol. The Balaban J connectivity index is 1.23. The molecule has 0 bridgehead atoms. The molecule has 1 atom stereocenters. The van der Waals surface area contributed by atoms with Crippen LogP contribution in [0, 0.1) is 0 Å². The third kappa shape index (κ3) is 5.05. The molecule has 0 radical (unpaired) electrons. The molecule has 2 heterocycles. The number of amides is 3. The van der Waals surface area contributed by atoms with Crippen molar-refractivity contribution in [3.05, 3.63) is 64.7 Å². The topological polar surface area (TPSA) is 78.5 Å². The van der Waals surface area contributed by atoms with Crippen molar-refractivity contribution in [2.45, 2.75) is 80.8 Å². The number of hydrogen-bond acceptors (Lipinski definition) is 5. The van der Waals surface area contributed by atoms with Gasteiger partial charge in [-0.15, -0.1) is 11.8 Å². The van der Waals surface area contributed by atoms with Crippen molar-refractivity contribution in [1.82, 2.24) is 15.5 Å². The molecule has 1 aliphatic carbocycles. The number of fused-ring (bicyclic) bond motifs is 1. The second kappa shape index (κ2) is 10.3. The number of carbonyl (C=O) groups excluding carboxylic acids is 3. The molecule has 1 unspecified atom stereocenters. The molecule has 2 fully saturated rings. The minimum Gasteiger partial charge on any atom is -0.322 e. The van der Waals surface area contributed by atoms with E-state index in [0.717, 1.165) is 22.8 Å². The average Bonchev–Trinajstić information content (AvgIpc) is 3.19. The van der Waals surface area contributed by atoms with Crippen LogP contribution in [0.15, 0.2) is 47.4 Å². The number of piperidine rings is 1. The lowest BCUT2D eigenvalue weighted by Crippen LogP contribution is -2.52. The fraction of sp³-hybridized carbons (Fsp3) is 0.444. The van der Waals surface area contributed by atoms with Crippen LogP contribution in [0.25, 0.3) is 0 Å². The maximum absolute atomic E-state index is 13.0. The van der Waals surface area contributed by atoms with Crippen LogP contribution in [0.2, 0.25) is 0 Å². The minimum absolute atomic E-state index is 0.122. The third-order valence-corrected chi connectivity index (χ3v) is 8.30. The molecule has 0 spiro atoms. The average molecular weight is 478 g/mol. The molecule has 2 aromatic rings. The molecule has 0 aromatic heterocycles. The van der Waals surface area contributed by atoms with Gasteiger partial charge in [0.2, 0.25) is 11.8 Å². The first-order valence-electron chi connectivity index (χ1n) is 12.3. The van der Waals surface area contributed by atoms with E-state index in [2.05, 4.69) is 41.0 Å². The number of carbonyl (C=O) groups is 3. The molecule has 3 aliphatic rings. The van der Waals surface area contributed by atoms with Gasteiger partial charge in [0.15, 0.2) is 0 Å². The predicted molar refractivity (Wildman–Crippen MR) is 132 cm³/mol. The fourth-order valence-electron chi connectivity index (χ4n) is 5.25. The summed E-state index contributed by atoms with van der Waals surface area (Å²) in [5.74, 6) is 0.0613. The van der Waals surface area contributed by atoms with Gasteiger partial charge >= 0.3 is 0 Å². The van der Waals surface area contributed by atoms with Gasteiger partial charge in [-0.1, -0.05) is 49.6 Å². The number of nitrogens with zero attached hydrogens (tertiary/aromatic N) is 1. The zero-order valence-electron chi connectivity index (χ0n) is 19.3. The number of nitrogens with one attached hydrogen (secondary N) is 2. The second-order valence-electron chi connectivity index (χ2n) is 9.51. The maximum atomic E-state index is 13.0. The Morgan fingerprint density at radius 1 is 0.971 bits per heavy atom. The molecular weight excluding hydrogens is 446 g/mol. The summed E-state index contributed by atoms with van der Waals surface area (Å²) in [5.41, 5.74) is 4.22. The Morgan fingerprint density at radius 2 is 1.76 bits per heavy atom. The first-order valence-corrected chi connectivity index (χ1v) is 13.3. The van der Waals surface area contributed by atoms with Gasteiger partial charge in [-0.05, 0) is 48.1 Å². The minimum atomic E-state index is -0.580. The van der Waals surface area contributed by atoms with Gasteiger partial charge in [-0.25, -0.2) is 0 Å². The van der Waals surface area contributed by atoms with Crippen molar-refractivity contribution < 1.29 is 14.4 Å². The molecule has 2 N–H and O–H groups in total. The van der Waals surface area contributed by atoms with Crippen molar-refractivity contribution in [2.75, 3.05) is 0 Å². The van der Waals surface area contributed by atoms with Crippen LogP contribution in [-0.2, 0) is 28.4 Å². The van der Waals surface area contributed by atoms with Crippen molar-refractivity contribution in [1.29, 1.82) is 0 Å². The van der Waals surface area contributed by atoms with Crippen molar-refractivity contribution in [3.8, 4) is 0 Å². The molecule has 2 aliphatic heterocycles. The first-order chi connectivity index (χ1) is 16.6. The van der Waals surface area contributed by atoms with E-state index in [0.29, 0.717) is 24.6 Å². The maximum Gasteiger partial charge on any atom is 0.255 e. The molecule has 5 rings (SSSR count). The summed E-state index contributed by atoms with van der Waals surface area (Å²) in [6.45, 7) is 1.31. The van der Waals surface area contributed by atoms with Crippen LogP contribution in [0.3, 0.4) is 0 Å². The van der Waals surface area contributed by atoms with Crippen LogP contribution in [0.4, 0.5) is 0 Å². The Morgan fingerprint density at radius 3 is 2.59 bits per heavy atom. The van der Waals surface area contributed by atoms with E-state index in [9.17, 15) is 14.4 Å². The molecule has 7 heteroatoms. The fourth-order valence-corrected chi connectivity index (χ4v) is 6.28. The van der Waals surface area contributed by atoms with Crippen LogP contribution >= 0.6 is 11.8 Å². The molecule has 34 heavy (non-hydrogen) atoms. The molecule has 178 valence electrons. The number of hydrogen-bond donors (Lipinski definition) is 2. The van der Waals surface area contributed by atoms with Crippen LogP contribution in [0.5, 0.6) is 0 Å². The van der Waals surface area contributed by atoms with E-state index >= 15 is 0 Å². The van der Waals surface area contributed by atoms with Gasteiger partial charge in [0.05, 0.1) is 0 Å². The van der Waals surface area contributed by atoms with Crippen molar-refractivity contribution in [3.63, 3.8) is 0 Å². The van der Waals surface area contributed by atoms with E-state index in [-0.39, 0.29) is 24.1 Å². The third-order valence-electron chi connectivity index (χ3n) is 7.12. The van der Waals surface area contributed by atoms with E-state index in [1.807, 2.05) is 12.1 Å². The summed E-state index contributed by atoms with van der Waals surface area (Å²) in [6.07, 6.45) is 7.24. The zero-order valence-corrected chi connectivity index (χ0v) is 20.2. The summed E-state index contributed by atoms with van der Waals surface area (Å²) in [4.78, 5) is 39.6. The van der Waals surface area contributed by atoms with Gasteiger partial charge in [0.25, 0.3) is 5.91 Å². The van der Waals surface area contributed by atoms with Gasteiger partial charge < -0.3 is 10.2 Å². The number of benzene rings is 2. The number of rotatable bonds is 7. The second-order valence-corrected chi connectivity index (χ2v) is 10.5. The van der Waals surface area contributed by atoms with Crippen LogP contribution < -0.4 is 10.6 Å². The zero-order chi connectivity index (χ0) is 23.5.